The zero-order valence-electron chi connectivity index (χ0n) is 14.6. The van der Waals surface area contributed by atoms with Crippen LogP contribution in [0.1, 0.15) is 51.4 Å². The van der Waals surface area contributed by atoms with Crippen LogP contribution in [0.15, 0.2) is 35.3 Å². The highest BCUT2D eigenvalue weighted by Crippen LogP contribution is 2.26. The first-order valence-corrected chi connectivity index (χ1v) is 10.0. The predicted octanol–water partition coefficient (Wildman–Crippen LogP) is 4.77. The molecule has 2 fully saturated rings. The number of aliphatic imine (C=N–C) groups is 1. The molecule has 1 atom stereocenters. The number of rotatable bonds is 5. The van der Waals surface area contributed by atoms with Crippen molar-refractivity contribution < 1.29 is 4.79 Å². The summed E-state index contributed by atoms with van der Waals surface area (Å²) in [4.78, 5) is 17.0. The van der Waals surface area contributed by atoms with Crippen molar-refractivity contribution in [2.45, 2.75) is 62.7 Å². The fourth-order valence-corrected chi connectivity index (χ4v) is 4.33. The minimum absolute atomic E-state index is 0. The maximum Gasteiger partial charge on any atom is 0.239 e. The lowest BCUT2D eigenvalue weighted by Crippen LogP contribution is -2.26. The first kappa shape index (κ1) is 20.3. The van der Waals surface area contributed by atoms with E-state index in [2.05, 4.69) is 10.6 Å². The molecule has 1 unspecified atom stereocenters. The van der Waals surface area contributed by atoms with Gasteiger partial charge < -0.3 is 10.6 Å². The van der Waals surface area contributed by atoms with Crippen molar-refractivity contribution >= 4 is 45.5 Å². The van der Waals surface area contributed by atoms with Crippen LogP contribution in [-0.4, -0.2) is 28.9 Å². The Kier molecular flexibility index (Phi) is 8.82. The first-order chi connectivity index (χ1) is 11.8. The standard InChI is InChI=1S/C19H27N3OS.BrH/c23-18-17(13-14-20-15-9-7-4-8-10-15)24-19(22-18)21-16-11-5-2-1-3-6-12-16;/h4,7-10,16-17,20H,1-3,5-6,11-14H2,(H,21,22,23);1H. The van der Waals surface area contributed by atoms with Crippen LogP contribution >= 0.6 is 28.7 Å². The van der Waals surface area contributed by atoms with Gasteiger partial charge in [0.15, 0.2) is 5.17 Å². The topological polar surface area (TPSA) is 53.5 Å². The van der Waals surface area contributed by atoms with Crippen LogP contribution in [0.3, 0.4) is 0 Å². The molecule has 1 heterocycles. The Morgan fingerprint density at radius 3 is 2.48 bits per heavy atom. The largest absolute Gasteiger partial charge is 0.385 e. The van der Waals surface area contributed by atoms with Crippen molar-refractivity contribution in [3.8, 4) is 0 Å². The Labute approximate surface area is 165 Å². The van der Waals surface area contributed by atoms with Crippen molar-refractivity contribution in [3.63, 3.8) is 0 Å². The summed E-state index contributed by atoms with van der Waals surface area (Å²) in [6.07, 6.45) is 9.71. The van der Waals surface area contributed by atoms with Gasteiger partial charge in [-0.05, 0) is 31.4 Å². The van der Waals surface area contributed by atoms with Gasteiger partial charge in [-0.2, -0.15) is 0 Å². The lowest BCUT2D eigenvalue weighted by atomic mass is 9.97. The van der Waals surface area contributed by atoms with Gasteiger partial charge in [-0.15, -0.1) is 17.0 Å². The molecule has 2 aliphatic rings. The molecule has 1 amide bonds. The number of thioether (sulfide) groups is 1. The predicted molar refractivity (Wildman–Crippen MR) is 113 cm³/mol. The highest BCUT2D eigenvalue weighted by molar-refractivity contribution is 8.93. The smallest absolute Gasteiger partial charge is 0.239 e. The van der Waals surface area contributed by atoms with E-state index in [4.69, 9.17) is 4.99 Å². The molecule has 1 aliphatic carbocycles. The number of hydrogen-bond donors (Lipinski definition) is 2. The minimum Gasteiger partial charge on any atom is -0.385 e. The summed E-state index contributed by atoms with van der Waals surface area (Å²) in [6.45, 7) is 0.797. The summed E-state index contributed by atoms with van der Waals surface area (Å²) < 4.78 is 0. The zero-order valence-corrected chi connectivity index (χ0v) is 17.1. The number of nitrogens with zero attached hydrogens (tertiary/aromatic N) is 1. The number of benzene rings is 1. The SMILES string of the molecule is Br.O=C1NC(=NC2CCCCCCC2)SC1CCNc1ccccc1. The van der Waals surface area contributed by atoms with Gasteiger partial charge in [-0.3, -0.25) is 9.79 Å². The van der Waals surface area contributed by atoms with E-state index >= 15 is 0 Å². The molecule has 4 nitrogen and oxygen atoms in total. The van der Waals surface area contributed by atoms with E-state index in [1.807, 2.05) is 30.3 Å². The molecule has 2 N–H and O–H groups in total. The first-order valence-electron chi connectivity index (χ1n) is 9.15. The van der Waals surface area contributed by atoms with Gasteiger partial charge in [0, 0.05) is 12.2 Å². The molecule has 6 heteroatoms. The maximum atomic E-state index is 12.2. The molecule has 0 aromatic heterocycles. The number of carbonyl (C=O) groups is 1. The lowest BCUT2D eigenvalue weighted by molar-refractivity contribution is -0.118. The fourth-order valence-electron chi connectivity index (χ4n) is 3.29. The Hall–Kier alpha value is -1.01. The highest BCUT2D eigenvalue weighted by Gasteiger charge is 2.30. The summed E-state index contributed by atoms with van der Waals surface area (Å²) in [5, 5.41) is 7.18. The normalized spacial score (nSPS) is 23.4. The highest BCUT2D eigenvalue weighted by atomic mass is 79.9. The number of halogens is 1. The minimum atomic E-state index is -0.0199. The van der Waals surface area contributed by atoms with Gasteiger partial charge >= 0.3 is 0 Å². The quantitative estimate of drug-likeness (QED) is 0.714. The third-order valence-corrected chi connectivity index (χ3v) is 5.83. The zero-order chi connectivity index (χ0) is 16.6. The van der Waals surface area contributed by atoms with Gasteiger partial charge in [-0.25, -0.2) is 0 Å². The molecule has 1 saturated carbocycles. The second kappa shape index (κ2) is 10.9. The molecular formula is C19H28BrN3OS. The van der Waals surface area contributed by atoms with Crippen LogP contribution in [0.2, 0.25) is 0 Å². The van der Waals surface area contributed by atoms with Gasteiger partial charge in [0.1, 0.15) is 0 Å². The second-order valence-electron chi connectivity index (χ2n) is 6.61. The molecule has 3 rings (SSSR count). The van der Waals surface area contributed by atoms with Gasteiger partial charge in [-0.1, -0.05) is 62.1 Å². The number of para-hydroxylation sites is 1. The van der Waals surface area contributed by atoms with Gasteiger partial charge in [0.2, 0.25) is 5.91 Å². The Morgan fingerprint density at radius 2 is 1.76 bits per heavy atom. The molecule has 1 saturated heterocycles. The summed E-state index contributed by atoms with van der Waals surface area (Å²) in [5.41, 5.74) is 1.10. The third kappa shape index (κ3) is 6.66. The van der Waals surface area contributed by atoms with Crippen LogP contribution in [0, 0.1) is 0 Å². The number of anilines is 1. The van der Waals surface area contributed by atoms with Crippen molar-refractivity contribution in [2.24, 2.45) is 4.99 Å². The van der Waals surface area contributed by atoms with Crippen LogP contribution in [0.25, 0.3) is 0 Å². The number of carbonyl (C=O) groups excluding carboxylic acids is 1. The molecule has 25 heavy (non-hydrogen) atoms. The Balaban J connectivity index is 0.00000225. The molecule has 1 aromatic rings. The fraction of sp³-hybridized carbons (Fsp3) is 0.579. The van der Waals surface area contributed by atoms with E-state index in [0.29, 0.717) is 6.04 Å². The van der Waals surface area contributed by atoms with Crippen LogP contribution in [0.4, 0.5) is 5.69 Å². The van der Waals surface area contributed by atoms with E-state index in [9.17, 15) is 4.79 Å². The van der Waals surface area contributed by atoms with E-state index in [1.54, 1.807) is 11.8 Å². The summed E-state index contributed by atoms with van der Waals surface area (Å²) in [6, 6.07) is 10.5. The average Bonchev–Trinajstić information content (AvgIpc) is 2.91. The van der Waals surface area contributed by atoms with Crippen LogP contribution in [-0.2, 0) is 4.79 Å². The summed E-state index contributed by atoms with van der Waals surface area (Å²) in [5.74, 6) is 0.111. The van der Waals surface area contributed by atoms with Crippen LogP contribution in [0.5, 0.6) is 0 Å². The number of amides is 1. The molecular weight excluding hydrogens is 398 g/mol. The number of nitrogens with one attached hydrogen (secondary N) is 2. The third-order valence-electron chi connectivity index (χ3n) is 4.66. The Morgan fingerprint density at radius 1 is 1.08 bits per heavy atom. The molecule has 1 aliphatic heterocycles. The molecule has 0 radical (unpaired) electrons. The van der Waals surface area contributed by atoms with Crippen molar-refractivity contribution in [1.29, 1.82) is 0 Å². The molecule has 0 spiro atoms. The van der Waals surface area contributed by atoms with Gasteiger partial charge in [0.25, 0.3) is 0 Å². The van der Waals surface area contributed by atoms with E-state index < -0.39 is 0 Å². The van der Waals surface area contributed by atoms with Crippen molar-refractivity contribution in [3.05, 3.63) is 30.3 Å². The van der Waals surface area contributed by atoms with Gasteiger partial charge in [0.05, 0.1) is 11.3 Å². The van der Waals surface area contributed by atoms with E-state index in [1.165, 1.54) is 44.9 Å². The second-order valence-corrected chi connectivity index (χ2v) is 7.80. The molecule has 0 bridgehead atoms. The van der Waals surface area contributed by atoms with Crippen molar-refractivity contribution in [1.82, 2.24) is 5.32 Å². The van der Waals surface area contributed by atoms with Crippen LogP contribution < -0.4 is 10.6 Å². The number of hydrogen-bond acceptors (Lipinski definition) is 4. The average molecular weight is 426 g/mol. The molecule has 1 aromatic carbocycles. The summed E-state index contributed by atoms with van der Waals surface area (Å²) >= 11 is 1.61. The lowest BCUT2D eigenvalue weighted by Gasteiger charge is -2.16. The monoisotopic (exact) mass is 425 g/mol. The van der Waals surface area contributed by atoms with Crippen molar-refractivity contribution in [2.75, 3.05) is 11.9 Å². The van der Waals surface area contributed by atoms with E-state index in [-0.39, 0.29) is 28.1 Å². The maximum absolute atomic E-state index is 12.2. The van der Waals surface area contributed by atoms with E-state index in [0.717, 1.165) is 23.8 Å². The summed E-state index contributed by atoms with van der Waals surface area (Å²) in [7, 11) is 0. The molecule has 138 valence electrons. The Bertz CT molecular complexity index is 559. The number of amidine groups is 1.